The van der Waals surface area contributed by atoms with Crippen LogP contribution in [-0.2, 0) is 12.8 Å². The van der Waals surface area contributed by atoms with Gasteiger partial charge in [0.25, 0.3) is 5.91 Å². The number of rotatable bonds is 2. The topological polar surface area (TPSA) is 86.6 Å². The number of aromatic amines is 1. The Balaban J connectivity index is 1.37. The van der Waals surface area contributed by atoms with E-state index >= 15 is 0 Å². The number of pyridine rings is 1. The predicted octanol–water partition coefficient (Wildman–Crippen LogP) is 1.26. The molecule has 5 rings (SSSR count). The number of hydrogen-bond donors (Lipinski definition) is 1. The summed E-state index contributed by atoms with van der Waals surface area (Å²) < 4.78 is 1.97. The normalized spacial score (nSPS) is 17.0. The van der Waals surface area contributed by atoms with E-state index in [1.54, 1.807) is 12.3 Å². The summed E-state index contributed by atoms with van der Waals surface area (Å²) in [5, 5.41) is 4.76. The van der Waals surface area contributed by atoms with E-state index in [0.29, 0.717) is 18.7 Å². The minimum atomic E-state index is -0.204. The highest BCUT2D eigenvalue weighted by atomic mass is 16.2. The number of H-pyrrole nitrogens is 1. The number of hydrogen-bond acceptors (Lipinski definition) is 5. The van der Waals surface area contributed by atoms with Crippen LogP contribution in [0.2, 0.25) is 0 Å². The molecule has 4 heterocycles. The van der Waals surface area contributed by atoms with Crippen LogP contribution >= 0.6 is 0 Å². The van der Waals surface area contributed by atoms with E-state index < -0.39 is 0 Å². The van der Waals surface area contributed by atoms with Gasteiger partial charge in [0.15, 0.2) is 5.82 Å². The fraction of sp³-hybridized carbons (Fsp3) is 0.400. The van der Waals surface area contributed by atoms with E-state index in [1.807, 2.05) is 15.6 Å². The van der Waals surface area contributed by atoms with Crippen LogP contribution in [0.1, 0.15) is 34.5 Å². The zero-order valence-corrected chi connectivity index (χ0v) is 15.6. The summed E-state index contributed by atoms with van der Waals surface area (Å²) in [6.07, 6.45) is 9.71. The van der Waals surface area contributed by atoms with Gasteiger partial charge in [0, 0.05) is 56.4 Å². The number of piperazine rings is 1. The summed E-state index contributed by atoms with van der Waals surface area (Å²) >= 11 is 0. The maximum absolute atomic E-state index is 12.7. The second-order valence-electron chi connectivity index (χ2n) is 7.40. The summed E-state index contributed by atoms with van der Waals surface area (Å²) in [6, 6.07) is 2.96. The minimum absolute atomic E-state index is 0.0520. The molecule has 3 aromatic rings. The third-order valence-corrected chi connectivity index (χ3v) is 5.70. The molecule has 0 bridgehead atoms. The molecule has 1 fully saturated rings. The van der Waals surface area contributed by atoms with E-state index in [9.17, 15) is 9.59 Å². The molecule has 8 nitrogen and oxygen atoms in total. The molecule has 2 aliphatic rings. The molecule has 144 valence electrons. The third-order valence-electron chi connectivity index (χ3n) is 5.70. The van der Waals surface area contributed by atoms with Crippen LogP contribution in [0.4, 0.5) is 5.82 Å². The monoisotopic (exact) mass is 378 g/mol. The molecule has 8 heteroatoms. The Morgan fingerprint density at radius 3 is 2.68 bits per heavy atom. The Labute approximate surface area is 161 Å². The summed E-state index contributed by atoms with van der Waals surface area (Å²) in [5.41, 5.74) is 3.97. The van der Waals surface area contributed by atoms with E-state index in [4.69, 9.17) is 5.10 Å². The lowest BCUT2D eigenvalue weighted by molar-refractivity contribution is 0.0746. The number of aromatic nitrogens is 4. The molecule has 0 spiro atoms. The minimum Gasteiger partial charge on any atom is -0.351 e. The van der Waals surface area contributed by atoms with Crippen molar-refractivity contribution in [3.63, 3.8) is 0 Å². The zero-order chi connectivity index (χ0) is 19.1. The highest BCUT2D eigenvalue weighted by Crippen LogP contribution is 2.30. The fourth-order valence-corrected chi connectivity index (χ4v) is 4.23. The molecule has 0 unspecified atom stereocenters. The van der Waals surface area contributed by atoms with Gasteiger partial charge in [0.1, 0.15) is 5.52 Å². The van der Waals surface area contributed by atoms with Gasteiger partial charge in [0.2, 0.25) is 5.56 Å². The number of anilines is 1. The van der Waals surface area contributed by atoms with Crippen molar-refractivity contribution in [3.05, 3.63) is 57.9 Å². The van der Waals surface area contributed by atoms with Gasteiger partial charge in [-0.1, -0.05) is 0 Å². The molecule has 1 aliphatic carbocycles. The van der Waals surface area contributed by atoms with Crippen molar-refractivity contribution >= 4 is 17.2 Å². The number of nitrogens with one attached hydrogen (secondary N) is 1. The largest absolute Gasteiger partial charge is 0.351 e. The second kappa shape index (κ2) is 6.78. The first-order chi connectivity index (χ1) is 13.7. The third kappa shape index (κ3) is 2.85. The molecule has 1 amide bonds. The molecule has 0 radical (unpaired) electrons. The number of carbonyl (C=O) groups is 1. The van der Waals surface area contributed by atoms with Crippen LogP contribution in [-0.4, -0.2) is 56.6 Å². The van der Waals surface area contributed by atoms with Crippen LogP contribution in [0.25, 0.3) is 5.52 Å². The molecule has 0 saturated carbocycles. The molecular formula is C20H22N6O2. The van der Waals surface area contributed by atoms with E-state index in [2.05, 4.69) is 14.9 Å². The van der Waals surface area contributed by atoms with Gasteiger partial charge >= 0.3 is 0 Å². The van der Waals surface area contributed by atoms with Crippen LogP contribution in [0.3, 0.4) is 0 Å². The van der Waals surface area contributed by atoms with Crippen LogP contribution in [0.5, 0.6) is 0 Å². The molecule has 1 aliphatic heterocycles. The van der Waals surface area contributed by atoms with Crippen molar-refractivity contribution in [2.45, 2.75) is 25.7 Å². The predicted molar refractivity (Wildman–Crippen MR) is 105 cm³/mol. The average Bonchev–Trinajstić information content (AvgIpc) is 3.13. The smallest absolute Gasteiger partial charge is 0.255 e. The zero-order valence-electron chi connectivity index (χ0n) is 15.6. The summed E-state index contributed by atoms with van der Waals surface area (Å²) in [4.78, 5) is 35.2. The molecule has 0 atom stereocenters. The van der Waals surface area contributed by atoms with Gasteiger partial charge < -0.3 is 14.8 Å². The highest BCUT2D eigenvalue weighted by Gasteiger charge is 2.26. The lowest BCUT2D eigenvalue weighted by Gasteiger charge is -2.35. The maximum Gasteiger partial charge on any atom is 0.255 e. The van der Waals surface area contributed by atoms with Gasteiger partial charge in [-0.25, -0.2) is 9.50 Å². The molecule has 1 N–H and O–H groups in total. The van der Waals surface area contributed by atoms with Crippen molar-refractivity contribution in [2.24, 2.45) is 0 Å². The van der Waals surface area contributed by atoms with Crippen molar-refractivity contribution in [3.8, 4) is 0 Å². The van der Waals surface area contributed by atoms with Crippen LogP contribution in [0.15, 0.2) is 35.5 Å². The van der Waals surface area contributed by atoms with E-state index in [0.717, 1.165) is 37.3 Å². The highest BCUT2D eigenvalue weighted by molar-refractivity contribution is 5.94. The maximum atomic E-state index is 12.7. The summed E-state index contributed by atoms with van der Waals surface area (Å²) in [5.74, 6) is 0.915. The fourth-order valence-electron chi connectivity index (χ4n) is 4.23. The van der Waals surface area contributed by atoms with E-state index in [-0.39, 0.29) is 11.5 Å². The Morgan fingerprint density at radius 1 is 1.07 bits per heavy atom. The molecule has 28 heavy (non-hydrogen) atoms. The van der Waals surface area contributed by atoms with Crippen LogP contribution < -0.4 is 10.5 Å². The van der Waals surface area contributed by atoms with Crippen LogP contribution in [0, 0.1) is 0 Å². The first kappa shape index (κ1) is 17.0. The summed E-state index contributed by atoms with van der Waals surface area (Å²) in [7, 11) is 0. The number of carbonyl (C=O) groups excluding carboxylic acids is 1. The molecular weight excluding hydrogens is 356 g/mol. The first-order valence-corrected chi connectivity index (χ1v) is 9.79. The van der Waals surface area contributed by atoms with Gasteiger partial charge in [-0.15, -0.1) is 0 Å². The van der Waals surface area contributed by atoms with E-state index in [1.165, 1.54) is 36.4 Å². The van der Waals surface area contributed by atoms with Gasteiger partial charge in [-0.2, -0.15) is 5.10 Å². The van der Waals surface area contributed by atoms with Crippen molar-refractivity contribution in [1.82, 2.24) is 24.5 Å². The average molecular weight is 378 g/mol. The molecule has 1 saturated heterocycles. The lowest BCUT2D eigenvalue weighted by atomic mass is 9.97. The van der Waals surface area contributed by atoms with Gasteiger partial charge in [-0.3, -0.25) is 9.59 Å². The second-order valence-corrected chi connectivity index (χ2v) is 7.40. The molecule has 3 aromatic heterocycles. The van der Waals surface area contributed by atoms with Gasteiger partial charge in [-0.05, 0) is 31.7 Å². The number of aryl methyl sites for hydroxylation is 2. The van der Waals surface area contributed by atoms with Crippen molar-refractivity contribution in [2.75, 3.05) is 31.1 Å². The van der Waals surface area contributed by atoms with Crippen molar-refractivity contribution < 1.29 is 4.79 Å². The Bertz CT molecular complexity index is 1070. The number of fused-ring (bicyclic) bond motifs is 3. The summed E-state index contributed by atoms with van der Waals surface area (Å²) in [6.45, 7) is 2.69. The Kier molecular flexibility index (Phi) is 4.11. The SMILES string of the molecule is O=C(c1ccc(=O)[nH]c1)N1CCN(c2nccn3nc4c(c23)CCCC4)CC1. The Hall–Kier alpha value is -3.16. The quantitative estimate of drug-likeness (QED) is 0.725. The molecule has 0 aromatic carbocycles. The number of nitrogens with zero attached hydrogens (tertiary/aromatic N) is 5. The lowest BCUT2D eigenvalue weighted by Crippen LogP contribution is -2.49. The van der Waals surface area contributed by atoms with Gasteiger partial charge in [0.05, 0.1) is 11.3 Å². The number of amides is 1. The Morgan fingerprint density at radius 2 is 1.89 bits per heavy atom. The first-order valence-electron chi connectivity index (χ1n) is 9.79. The van der Waals surface area contributed by atoms with Crippen molar-refractivity contribution in [1.29, 1.82) is 0 Å². The standard InChI is InChI=1S/C20H22N6O2/c27-17-6-5-14(13-22-17)20(28)25-11-9-24(10-12-25)19-18-15-3-1-2-4-16(15)23-26(18)8-7-21-19/h5-8,13H,1-4,9-12H2,(H,22,27).